The summed E-state index contributed by atoms with van der Waals surface area (Å²) in [5.41, 5.74) is 0. The van der Waals surface area contributed by atoms with Gasteiger partial charge in [0, 0.05) is 0 Å². The number of esters is 1. The molecule has 0 radical (unpaired) electrons. The Hall–Kier alpha value is -2.43. The average molecular weight is 526 g/mol. The van der Waals surface area contributed by atoms with Crippen molar-refractivity contribution >= 4 is 16.7 Å². The predicted molar refractivity (Wildman–Crippen MR) is 122 cm³/mol. The fraction of sp³-hybridized carbons (Fsp3) is 0.542. The molecule has 4 rings (SSSR count). The van der Waals surface area contributed by atoms with Crippen LogP contribution in [-0.4, -0.2) is 123 Å². The lowest BCUT2D eigenvalue weighted by Crippen LogP contribution is -2.63. The Morgan fingerprint density at radius 2 is 1.59 bits per heavy atom. The van der Waals surface area contributed by atoms with Crippen LogP contribution in [0.3, 0.4) is 0 Å². The SMILES string of the molecule is O=C(COc1ccc2ccccc2c1)O[C@H]1[C@@H](O[C@]2(CO)O[C@H](CO)[C@@H](O)[C@@H]2O)O[C@H](CO)[C@@H](O)[C@@H]1O. The van der Waals surface area contributed by atoms with Crippen molar-refractivity contribution in [1.29, 1.82) is 0 Å². The third-order valence-electron chi connectivity index (χ3n) is 6.39. The van der Waals surface area contributed by atoms with Crippen molar-refractivity contribution in [1.82, 2.24) is 0 Å². The summed E-state index contributed by atoms with van der Waals surface area (Å²) in [6.07, 6.45) is -13.3. The van der Waals surface area contributed by atoms with Crippen LogP contribution in [0.5, 0.6) is 5.75 Å². The monoisotopic (exact) mass is 526 g/mol. The molecular formula is C24H30O13. The van der Waals surface area contributed by atoms with Crippen molar-refractivity contribution < 1.29 is 64.2 Å². The molecule has 13 nitrogen and oxygen atoms in total. The van der Waals surface area contributed by atoms with E-state index in [0.717, 1.165) is 10.8 Å². The minimum absolute atomic E-state index is 0.370. The minimum Gasteiger partial charge on any atom is -0.482 e. The van der Waals surface area contributed by atoms with Crippen molar-refractivity contribution in [3.63, 3.8) is 0 Å². The summed E-state index contributed by atoms with van der Waals surface area (Å²) < 4.78 is 27.1. The van der Waals surface area contributed by atoms with E-state index in [4.69, 9.17) is 23.7 Å². The number of hydrogen-bond acceptors (Lipinski definition) is 13. The molecule has 2 aromatic rings. The van der Waals surface area contributed by atoms with Crippen molar-refractivity contribution in [2.45, 2.75) is 54.8 Å². The Morgan fingerprint density at radius 3 is 2.24 bits per heavy atom. The van der Waals surface area contributed by atoms with Crippen LogP contribution < -0.4 is 4.74 Å². The highest BCUT2D eigenvalue weighted by Gasteiger charge is 2.59. The van der Waals surface area contributed by atoms with Gasteiger partial charge in [-0.2, -0.15) is 0 Å². The predicted octanol–water partition coefficient (Wildman–Crippen LogP) is -2.61. The normalized spacial score (nSPS) is 36.0. The molecule has 2 aromatic carbocycles. The van der Waals surface area contributed by atoms with Crippen LogP contribution in [0.4, 0.5) is 0 Å². The highest BCUT2D eigenvalue weighted by Crippen LogP contribution is 2.36. The highest BCUT2D eigenvalue weighted by molar-refractivity contribution is 5.83. The molecule has 0 saturated carbocycles. The van der Waals surface area contributed by atoms with Gasteiger partial charge in [-0.1, -0.05) is 30.3 Å². The Morgan fingerprint density at radius 1 is 0.892 bits per heavy atom. The van der Waals surface area contributed by atoms with E-state index in [1.165, 1.54) is 0 Å². The maximum atomic E-state index is 12.6. The van der Waals surface area contributed by atoms with E-state index in [-0.39, 0.29) is 0 Å². The number of aliphatic hydroxyl groups is 7. The molecule has 37 heavy (non-hydrogen) atoms. The van der Waals surface area contributed by atoms with E-state index in [2.05, 4.69) is 0 Å². The van der Waals surface area contributed by atoms with Gasteiger partial charge in [0.15, 0.2) is 12.7 Å². The third kappa shape index (κ3) is 5.56. The van der Waals surface area contributed by atoms with Crippen molar-refractivity contribution in [2.24, 2.45) is 0 Å². The first-order valence-corrected chi connectivity index (χ1v) is 11.6. The van der Waals surface area contributed by atoms with Crippen molar-refractivity contribution in [3.8, 4) is 5.75 Å². The fourth-order valence-corrected chi connectivity index (χ4v) is 4.33. The van der Waals surface area contributed by atoms with Crippen molar-refractivity contribution in [2.75, 3.05) is 26.4 Å². The van der Waals surface area contributed by atoms with Crippen LogP contribution in [0.15, 0.2) is 42.5 Å². The summed E-state index contributed by atoms with van der Waals surface area (Å²) in [7, 11) is 0. The average Bonchev–Trinajstić information content (AvgIpc) is 3.16. The second kappa shape index (κ2) is 11.5. The standard InChI is InChI=1S/C24H30O13/c25-8-15-18(29)20(31)21(23(34-15)37-24(11-27)22(32)19(30)16(9-26)36-24)35-17(28)10-33-14-6-5-12-3-1-2-4-13(12)7-14/h1-7,15-16,18-23,25-27,29-32H,8-11H2/t15-,16-,18-,19-,20+,21-,22+,23-,24+/m1/s1. The molecule has 7 N–H and O–H groups in total. The number of rotatable bonds is 9. The molecule has 0 bridgehead atoms. The van der Waals surface area contributed by atoms with E-state index < -0.39 is 87.2 Å². The van der Waals surface area contributed by atoms with Gasteiger partial charge in [-0.05, 0) is 22.9 Å². The van der Waals surface area contributed by atoms with Gasteiger partial charge in [0.25, 0.3) is 0 Å². The summed E-state index contributed by atoms with van der Waals surface area (Å²) in [6.45, 7) is -3.11. The number of benzene rings is 2. The van der Waals surface area contributed by atoms with Gasteiger partial charge in [-0.25, -0.2) is 4.79 Å². The molecule has 2 heterocycles. The van der Waals surface area contributed by atoms with Crippen LogP contribution in [0.2, 0.25) is 0 Å². The molecule has 9 atom stereocenters. The fourth-order valence-electron chi connectivity index (χ4n) is 4.33. The highest BCUT2D eigenvalue weighted by atomic mass is 16.8. The molecule has 13 heteroatoms. The molecule has 0 spiro atoms. The molecule has 0 amide bonds. The zero-order chi connectivity index (χ0) is 26.7. The van der Waals surface area contributed by atoms with E-state index in [0.29, 0.717) is 5.75 Å². The Bertz CT molecular complexity index is 1070. The number of carbonyl (C=O) groups is 1. The molecule has 2 aliphatic rings. The minimum atomic E-state index is -2.34. The molecule has 204 valence electrons. The van der Waals surface area contributed by atoms with Crippen molar-refractivity contribution in [3.05, 3.63) is 42.5 Å². The number of ether oxygens (including phenoxy) is 5. The number of fused-ring (bicyclic) bond motifs is 1. The lowest BCUT2D eigenvalue weighted by Gasteiger charge is -2.44. The second-order valence-corrected chi connectivity index (χ2v) is 8.82. The molecule has 2 aliphatic heterocycles. The van der Waals surface area contributed by atoms with Crippen LogP contribution in [0.1, 0.15) is 0 Å². The zero-order valence-electron chi connectivity index (χ0n) is 19.6. The smallest absolute Gasteiger partial charge is 0.344 e. The Kier molecular flexibility index (Phi) is 8.60. The van der Waals surface area contributed by atoms with E-state index >= 15 is 0 Å². The summed E-state index contributed by atoms with van der Waals surface area (Å²) in [4.78, 5) is 12.6. The zero-order valence-corrected chi connectivity index (χ0v) is 19.6. The third-order valence-corrected chi connectivity index (χ3v) is 6.39. The summed E-state index contributed by atoms with van der Waals surface area (Å²) in [5.74, 6) is -2.95. The number of aliphatic hydroxyl groups excluding tert-OH is 7. The number of carbonyl (C=O) groups excluding carboxylic acids is 1. The van der Waals surface area contributed by atoms with Gasteiger partial charge in [0.1, 0.15) is 49.0 Å². The van der Waals surface area contributed by atoms with E-state index in [1.54, 1.807) is 18.2 Å². The van der Waals surface area contributed by atoms with Gasteiger partial charge in [-0.3, -0.25) is 0 Å². The van der Waals surface area contributed by atoms with Gasteiger partial charge in [-0.15, -0.1) is 0 Å². The van der Waals surface area contributed by atoms with Gasteiger partial charge < -0.3 is 59.4 Å². The molecule has 2 fully saturated rings. The summed E-state index contributed by atoms with van der Waals surface area (Å²) >= 11 is 0. The second-order valence-electron chi connectivity index (χ2n) is 8.82. The molecule has 0 aromatic heterocycles. The van der Waals surface area contributed by atoms with E-state index in [1.807, 2.05) is 24.3 Å². The van der Waals surface area contributed by atoms with E-state index in [9.17, 15) is 40.5 Å². The first-order valence-electron chi connectivity index (χ1n) is 11.6. The Balaban J connectivity index is 1.48. The largest absolute Gasteiger partial charge is 0.482 e. The molecular weight excluding hydrogens is 496 g/mol. The summed E-state index contributed by atoms with van der Waals surface area (Å²) in [6, 6.07) is 12.7. The van der Waals surface area contributed by atoms with Gasteiger partial charge >= 0.3 is 5.97 Å². The first kappa shape index (κ1) is 27.6. The molecule has 0 unspecified atom stereocenters. The lowest BCUT2D eigenvalue weighted by atomic mass is 9.98. The topological polar surface area (TPSA) is 205 Å². The molecule has 0 aliphatic carbocycles. The molecule has 2 saturated heterocycles. The maximum absolute atomic E-state index is 12.6. The van der Waals surface area contributed by atoms with Crippen LogP contribution >= 0.6 is 0 Å². The Labute approximate surface area is 210 Å². The lowest BCUT2D eigenvalue weighted by molar-refractivity contribution is -0.384. The van der Waals surface area contributed by atoms with Gasteiger partial charge in [0.05, 0.1) is 13.2 Å². The number of hydrogen-bond donors (Lipinski definition) is 7. The van der Waals surface area contributed by atoms with Crippen LogP contribution in [-0.2, 0) is 23.7 Å². The van der Waals surface area contributed by atoms with Crippen LogP contribution in [0.25, 0.3) is 10.8 Å². The summed E-state index contributed by atoms with van der Waals surface area (Å²) in [5, 5.41) is 72.1. The quantitative estimate of drug-likeness (QED) is 0.168. The maximum Gasteiger partial charge on any atom is 0.344 e. The van der Waals surface area contributed by atoms with Crippen LogP contribution in [0, 0.1) is 0 Å². The van der Waals surface area contributed by atoms with Gasteiger partial charge in [0.2, 0.25) is 12.1 Å². The first-order chi connectivity index (χ1) is 17.7.